The molecular formula is C16H17ClN2O6S. The first-order valence-corrected chi connectivity index (χ1v) is 9.16. The molecule has 1 aromatic carbocycles. The summed E-state index contributed by atoms with van der Waals surface area (Å²) in [5.74, 6) is -0.849. The first kappa shape index (κ1) is 18.7. The van der Waals surface area contributed by atoms with Crippen molar-refractivity contribution in [3.05, 3.63) is 24.3 Å². The average molecular weight is 401 g/mol. The molecule has 2 unspecified atom stereocenters. The molecule has 8 nitrogen and oxygen atoms in total. The van der Waals surface area contributed by atoms with Gasteiger partial charge in [0.1, 0.15) is 11.1 Å². The van der Waals surface area contributed by atoms with E-state index in [1.807, 2.05) is 0 Å². The highest BCUT2D eigenvalue weighted by Crippen LogP contribution is 2.43. The molecule has 0 radical (unpaired) electrons. The second kappa shape index (κ2) is 6.88. The Balaban J connectivity index is 1.75. The lowest BCUT2D eigenvalue weighted by molar-refractivity contribution is -0.190. The van der Waals surface area contributed by atoms with Crippen LogP contribution >= 0.6 is 23.4 Å². The number of halogens is 1. The van der Waals surface area contributed by atoms with Crippen LogP contribution in [-0.2, 0) is 14.4 Å². The zero-order valence-electron chi connectivity index (χ0n) is 14.0. The average Bonchev–Trinajstić information content (AvgIpc) is 2.62. The van der Waals surface area contributed by atoms with Gasteiger partial charge in [-0.05, 0) is 24.3 Å². The van der Waals surface area contributed by atoms with Gasteiger partial charge in [0.05, 0.1) is 13.7 Å². The summed E-state index contributed by atoms with van der Waals surface area (Å²) in [4.78, 5) is 41.3. The van der Waals surface area contributed by atoms with Gasteiger partial charge in [0.2, 0.25) is 0 Å². The maximum absolute atomic E-state index is 12.5. The van der Waals surface area contributed by atoms with Crippen molar-refractivity contribution in [1.29, 1.82) is 0 Å². The first-order chi connectivity index (χ1) is 12.3. The summed E-state index contributed by atoms with van der Waals surface area (Å²) >= 11 is 7.30. The van der Waals surface area contributed by atoms with E-state index in [0.29, 0.717) is 11.5 Å². The van der Waals surface area contributed by atoms with E-state index in [9.17, 15) is 19.5 Å². The normalized spacial score (nSPS) is 27.2. The van der Waals surface area contributed by atoms with Crippen molar-refractivity contribution in [2.24, 2.45) is 0 Å². The third-order valence-electron chi connectivity index (χ3n) is 4.23. The molecule has 3 atom stereocenters. The standard InChI is InChI=1S/C16H17ClN2O6S/c1-9(20)19(25-11-5-3-10(24-2)4-6-11)12-13(21)18-7-16(17,15(22)23)8-26-14(12)18/h3-6,12,14H,7-8H2,1-2H3,(H,22,23)/t12?,14-,16?/m1/s1. The monoisotopic (exact) mass is 400 g/mol. The van der Waals surface area contributed by atoms with Crippen molar-refractivity contribution in [2.75, 3.05) is 19.4 Å². The van der Waals surface area contributed by atoms with Gasteiger partial charge in [-0.15, -0.1) is 23.4 Å². The number of hydrogen-bond acceptors (Lipinski definition) is 6. The highest BCUT2D eigenvalue weighted by Gasteiger charge is 2.59. The second-order valence-corrected chi connectivity index (χ2v) is 7.82. The smallest absolute Gasteiger partial charge is 0.327 e. The van der Waals surface area contributed by atoms with Crippen molar-refractivity contribution in [3.8, 4) is 11.5 Å². The van der Waals surface area contributed by atoms with Gasteiger partial charge in [0.15, 0.2) is 16.7 Å². The number of rotatable bonds is 5. The number of fused-ring (bicyclic) bond motifs is 1. The van der Waals surface area contributed by atoms with Gasteiger partial charge in [-0.2, -0.15) is 5.06 Å². The molecule has 2 fully saturated rings. The van der Waals surface area contributed by atoms with Crippen molar-refractivity contribution in [3.63, 3.8) is 0 Å². The van der Waals surface area contributed by atoms with Crippen molar-refractivity contribution in [2.45, 2.75) is 23.2 Å². The maximum Gasteiger partial charge on any atom is 0.327 e. The molecule has 0 aromatic heterocycles. The Labute approximate surface area is 158 Å². The molecule has 1 aromatic rings. The number of methoxy groups -OCH3 is 1. The van der Waals surface area contributed by atoms with Crippen LogP contribution in [0.5, 0.6) is 11.5 Å². The number of aliphatic carboxylic acids is 1. The van der Waals surface area contributed by atoms with Crippen LogP contribution in [-0.4, -0.2) is 68.6 Å². The number of β-lactam (4-membered cyclic amide) rings is 1. The van der Waals surface area contributed by atoms with Crippen LogP contribution in [0.25, 0.3) is 0 Å². The van der Waals surface area contributed by atoms with Gasteiger partial charge in [0, 0.05) is 12.7 Å². The summed E-state index contributed by atoms with van der Waals surface area (Å²) in [6, 6.07) is 5.77. The van der Waals surface area contributed by atoms with E-state index >= 15 is 0 Å². The minimum absolute atomic E-state index is 0.106. The summed E-state index contributed by atoms with van der Waals surface area (Å²) in [6.07, 6.45) is 0. The molecule has 0 bridgehead atoms. The van der Waals surface area contributed by atoms with Gasteiger partial charge >= 0.3 is 5.97 Å². The van der Waals surface area contributed by atoms with Gasteiger partial charge in [-0.1, -0.05) is 0 Å². The van der Waals surface area contributed by atoms with E-state index in [1.54, 1.807) is 24.3 Å². The van der Waals surface area contributed by atoms with E-state index in [2.05, 4.69) is 0 Å². The Morgan fingerprint density at radius 3 is 2.50 bits per heavy atom. The molecule has 2 saturated heterocycles. The number of hydroxylamine groups is 2. The first-order valence-electron chi connectivity index (χ1n) is 7.73. The number of hydrogen-bond donors (Lipinski definition) is 1. The fraction of sp³-hybridized carbons (Fsp3) is 0.438. The number of carbonyl (C=O) groups excluding carboxylic acids is 2. The number of thioether (sulfide) groups is 1. The summed E-state index contributed by atoms with van der Waals surface area (Å²) in [7, 11) is 1.54. The number of carbonyl (C=O) groups is 3. The number of ether oxygens (including phenoxy) is 1. The molecule has 0 spiro atoms. The van der Waals surface area contributed by atoms with Crippen LogP contribution in [0.1, 0.15) is 6.92 Å². The third-order valence-corrected chi connectivity index (χ3v) is 6.31. The Kier molecular flexibility index (Phi) is 4.94. The quantitative estimate of drug-likeness (QED) is 0.450. The van der Waals surface area contributed by atoms with Gasteiger partial charge < -0.3 is 19.6 Å². The Morgan fingerprint density at radius 2 is 1.96 bits per heavy atom. The Morgan fingerprint density at radius 1 is 1.35 bits per heavy atom. The van der Waals surface area contributed by atoms with E-state index in [-0.39, 0.29) is 12.3 Å². The molecule has 2 heterocycles. The largest absolute Gasteiger partial charge is 0.497 e. The van der Waals surface area contributed by atoms with Crippen LogP contribution in [0.15, 0.2) is 24.3 Å². The van der Waals surface area contributed by atoms with E-state index in [0.717, 1.165) is 5.06 Å². The fourth-order valence-corrected chi connectivity index (χ4v) is 4.54. The topological polar surface area (TPSA) is 96.4 Å². The number of benzene rings is 1. The number of carboxylic acids is 1. The van der Waals surface area contributed by atoms with Crippen LogP contribution in [0.3, 0.4) is 0 Å². The second-order valence-electron chi connectivity index (χ2n) is 5.99. The molecule has 2 aliphatic heterocycles. The lowest BCUT2D eigenvalue weighted by Crippen LogP contribution is -2.75. The van der Waals surface area contributed by atoms with Gasteiger partial charge in [-0.25, -0.2) is 0 Å². The van der Waals surface area contributed by atoms with Crippen molar-refractivity contribution in [1.82, 2.24) is 9.96 Å². The van der Waals surface area contributed by atoms with Crippen LogP contribution in [0, 0.1) is 0 Å². The lowest BCUT2D eigenvalue weighted by atomic mass is 10.0. The Hall–Kier alpha value is -2.13. The molecule has 140 valence electrons. The summed E-state index contributed by atoms with van der Waals surface area (Å²) < 4.78 is 5.07. The molecule has 0 aliphatic carbocycles. The van der Waals surface area contributed by atoms with Crippen LogP contribution in [0.2, 0.25) is 0 Å². The van der Waals surface area contributed by atoms with E-state index in [4.69, 9.17) is 21.2 Å². The predicted octanol–water partition coefficient (Wildman–Crippen LogP) is 1.18. The van der Waals surface area contributed by atoms with Crippen molar-refractivity contribution < 1.29 is 29.1 Å². The molecule has 2 aliphatic rings. The highest BCUT2D eigenvalue weighted by molar-refractivity contribution is 8.00. The number of amides is 2. The number of carboxylic acid groups (broad SMARTS) is 1. The minimum atomic E-state index is -1.51. The van der Waals surface area contributed by atoms with Crippen LogP contribution < -0.4 is 9.57 Å². The molecule has 10 heteroatoms. The molecule has 26 heavy (non-hydrogen) atoms. The zero-order valence-corrected chi connectivity index (χ0v) is 15.6. The predicted molar refractivity (Wildman–Crippen MR) is 94.1 cm³/mol. The summed E-state index contributed by atoms with van der Waals surface area (Å²) in [5, 5.41) is 9.87. The number of nitrogens with zero attached hydrogens (tertiary/aromatic N) is 2. The minimum Gasteiger partial charge on any atom is -0.497 e. The van der Waals surface area contributed by atoms with Crippen molar-refractivity contribution >= 4 is 41.1 Å². The molecule has 3 rings (SSSR count). The molecular weight excluding hydrogens is 384 g/mol. The SMILES string of the molecule is COc1ccc(ON(C(C)=O)C2C(=O)N3CC(Cl)(C(=O)O)CS[C@H]23)cc1. The third kappa shape index (κ3) is 3.16. The van der Waals surface area contributed by atoms with E-state index < -0.39 is 34.1 Å². The zero-order chi connectivity index (χ0) is 19.1. The molecule has 2 amide bonds. The molecule has 1 N–H and O–H groups in total. The summed E-state index contributed by atoms with van der Waals surface area (Å²) in [6.45, 7) is 1.20. The maximum atomic E-state index is 12.5. The highest BCUT2D eigenvalue weighted by atomic mass is 35.5. The van der Waals surface area contributed by atoms with E-state index in [1.165, 1.54) is 30.7 Å². The van der Waals surface area contributed by atoms with Crippen LogP contribution in [0.4, 0.5) is 0 Å². The fourth-order valence-electron chi connectivity index (χ4n) is 2.80. The summed E-state index contributed by atoms with van der Waals surface area (Å²) in [5.41, 5.74) is 0. The van der Waals surface area contributed by atoms with Gasteiger partial charge in [-0.3, -0.25) is 14.4 Å². The Bertz CT molecular complexity index is 745. The molecule has 0 saturated carbocycles. The number of alkyl halides is 1. The lowest BCUT2D eigenvalue weighted by Gasteiger charge is -2.54. The van der Waals surface area contributed by atoms with Gasteiger partial charge in [0.25, 0.3) is 11.8 Å².